The Hall–Kier alpha value is -2.62. The van der Waals surface area contributed by atoms with Crippen LogP contribution in [-0.4, -0.2) is 33.5 Å². The maximum absolute atomic E-state index is 12.9. The molecule has 122 valence electrons. The number of methoxy groups -OCH3 is 1. The number of halogens is 3. The second-order valence-electron chi connectivity index (χ2n) is 4.68. The lowest BCUT2D eigenvalue weighted by Crippen LogP contribution is -2.18. The Kier molecular flexibility index (Phi) is 3.90. The topological polar surface area (TPSA) is 77.5 Å². The van der Waals surface area contributed by atoms with Gasteiger partial charge in [-0.2, -0.15) is 17.7 Å². The fourth-order valence-electron chi connectivity index (χ4n) is 2.07. The average molecular weight is 327 g/mol. The molecule has 23 heavy (non-hydrogen) atoms. The number of furan rings is 1. The van der Waals surface area contributed by atoms with E-state index in [1.165, 1.54) is 25.5 Å². The third-order valence-electron chi connectivity index (χ3n) is 3.06. The molecule has 1 atom stereocenters. The van der Waals surface area contributed by atoms with Crippen LogP contribution in [0.1, 0.15) is 17.6 Å². The van der Waals surface area contributed by atoms with Gasteiger partial charge in [-0.05, 0) is 24.3 Å². The normalized spacial score (nSPS) is 13.4. The van der Waals surface area contributed by atoms with Gasteiger partial charge in [0.15, 0.2) is 5.65 Å². The van der Waals surface area contributed by atoms with E-state index in [2.05, 4.69) is 20.6 Å². The number of nitrogens with one attached hydrogen (secondary N) is 1. The van der Waals surface area contributed by atoms with Crippen LogP contribution in [0.3, 0.4) is 0 Å². The Morgan fingerprint density at radius 2 is 2.13 bits per heavy atom. The number of nitrogens with zero attached hydrogens (tertiary/aromatic N) is 4. The van der Waals surface area contributed by atoms with Gasteiger partial charge in [0, 0.05) is 7.11 Å². The predicted octanol–water partition coefficient (Wildman–Crippen LogP) is 2.54. The fraction of sp³-hybridized carbons (Fsp3) is 0.308. The third kappa shape index (κ3) is 3.11. The van der Waals surface area contributed by atoms with Gasteiger partial charge in [-0.15, -0.1) is 15.3 Å². The van der Waals surface area contributed by atoms with Gasteiger partial charge in [-0.1, -0.05) is 0 Å². The minimum Gasteiger partial charge on any atom is -0.467 e. The molecule has 3 rings (SSSR count). The maximum Gasteiger partial charge on any atom is 0.453 e. The van der Waals surface area contributed by atoms with Crippen LogP contribution >= 0.6 is 0 Å². The minimum atomic E-state index is -4.64. The molecule has 0 saturated carbocycles. The molecule has 0 aliphatic heterocycles. The predicted molar refractivity (Wildman–Crippen MR) is 72.7 cm³/mol. The standard InChI is InChI=1S/C13H12F3N5O2/c1-22-7-8(9-3-2-6-23-9)17-10-4-5-11-18-19-12(13(14,15)16)21(11)20-10/h2-6,8H,7H2,1H3,(H,17,20). The highest BCUT2D eigenvalue weighted by Gasteiger charge is 2.37. The van der Waals surface area contributed by atoms with Crippen molar-refractivity contribution in [3.63, 3.8) is 0 Å². The van der Waals surface area contributed by atoms with Gasteiger partial charge in [0.2, 0.25) is 0 Å². The van der Waals surface area contributed by atoms with Crippen molar-refractivity contribution >= 4 is 11.5 Å². The first-order chi connectivity index (χ1) is 11.0. The average Bonchev–Trinajstić information content (AvgIpc) is 3.15. The van der Waals surface area contributed by atoms with E-state index >= 15 is 0 Å². The van der Waals surface area contributed by atoms with Crippen LogP contribution in [0.5, 0.6) is 0 Å². The van der Waals surface area contributed by atoms with Crippen LogP contribution in [0, 0.1) is 0 Å². The highest BCUT2D eigenvalue weighted by Crippen LogP contribution is 2.28. The van der Waals surface area contributed by atoms with Crippen molar-refractivity contribution in [2.75, 3.05) is 19.0 Å². The number of anilines is 1. The summed E-state index contributed by atoms with van der Waals surface area (Å²) in [5.74, 6) is -0.396. The lowest BCUT2D eigenvalue weighted by Gasteiger charge is -2.16. The monoisotopic (exact) mass is 327 g/mol. The SMILES string of the molecule is COCC(Nc1ccc2nnc(C(F)(F)F)n2n1)c1ccco1. The maximum atomic E-state index is 12.9. The number of alkyl halides is 3. The van der Waals surface area contributed by atoms with Crippen LogP contribution in [0.2, 0.25) is 0 Å². The van der Waals surface area contributed by atoms with Crippen molar-refractivity contribution in [1.82, 2.24) is 19.8 Å². The quantitative estimate of drug-likeness (QED) is 0.776. The molecular formula is C13H12F3N5O2. The van der Waals surface area contributed by atoms with Crippen molar-refractivity contribution in [1.29, 1.82) is 0 Å². The number of ether oxygens (including phenoxy) is 1. The van der Waals surface area contributed by atoms with Crippen molar-refractivity contribution in [3.05, 3.63) is 42.1 Å². The summed E-state index contributed by atoms with van der Waals surface area (Å²) in [5.41, 5.74) is 0.00386. The van der Waals surface area contributed by atoms with Crippen molar-refractivity contribution in [2.24, 2.45) is 0 Å². The molecule has 0 saturated heterocycles. The first-order valence-corrected chi connectivity index (χ1v) is 6.57. The molecule has 0 spiro atoms. The summed E-state index contributed by atoms with van der Waals surface area (Å²) in [6.07, 6.45) is -3.14. The van der Waals surface area contributed by atoms with E-state index < -0.39 is 18.0 Å². The Balaban J connectivity index is 1.93. The number of rotatable bonds is 5. The molecule has 0 radical (unpaired) electrons. The van der Waals surface area contributed by atoms with Crippen molar-refractivity contribution in [2.45, 2.75) is 12.2 Å². The second-order valence-corrected chi connectivity index (χ2v) is 4.68. The third-order valence-corrected chi connectivity index (χ3v) is 3.06. The molecule has 3 aromatic heterocycles. The summed E-state index contributed by atoms with van der Waals surface area (Å²) < 4.78 is 49.6. The zero-order valence-corrected chi connectivity index (χ0v) is 11.9. The molecule has 0 aliphatic rings. The summed E-state index contributed by atoms with van der Waals surface area (Å²) in [7, 11) is 1.51. The molecule has 0 fully saturated rings. The fourth-order valence-corrected chi connectivity index (χ4v) is 2.07. The molecule has 7 nitrogen and oxygen atoms in total. The highest BCUT2D eigenvalue weighted by molar-refractivity contribution is 5.45. The van der Waals surface area contributed by atoms with Gasteiger partial charge >= 0.3 is 6.18 Å². The zero-order chi connectivity index (χ0) is 16.4. The molecule has 0 amide bonds. The van der Waals surface area contributed by atoms with Gasteiger partial charge in [0.25, 0.3) is 5.82 Å². The van der Waals surface area contributed by atoms with E-state index in [1.54, 1.807) is 12.1 Å². The molecule has 0 bridgehead atoms. The van der Waals surface area contributed by atoms with Crippen LogP contribution in [0.25, 0.3) is 5.65 Å². The van der Waals surface area contributed by atoms with Crippen LogP contribution in [-0.2, 0) is 10.9 Å². The summed E-state index contributed by atoms with van der Waals surface area (Å²) in [6.45, 7) is 0.252. The van der Waals surface area contributed by atoms with Gasteiger partial charge in [-0.3, -0.25) is 0 Å². The Morgan fingerprint density at radius 3 is 2.78 bits per heavy atom. The lowest BCUT2D eigenvalue weighted by atomic mass is 10.2. The second kappa shape index (κ2) is 5.88. The summed E-state index contributed by atoms with van der Waals surface area (Å²) in [6, 6.07) is 5.94. The van der Waals surface area contributed by atoms with E-state index in [0.29, 0.717) is 10.3 Å². The van der Waals surface area contributed by atoms with Crippen molar-refractivity contribution in [3.8, 4) is 0 Å². The van der Waals surface area contributed by atoms with Gasteiger partial charge in [0.05, 0.1) is 12.9 Å². The number of hydrogen-bond donors (Lipinski definition) is 1. The first kappa shape index (κ1) is 15.3. The molecule has 3 heterocycles. The minimum absolute atomic E-state index is 0.00386. The zero-order valence-electron chi connectivity index (χ0n) is 11.9. The van der Waals surface area contributed by atoms with E-state index in [0.717, 1.165) is 0 Å². The number of hydrogen-bond acceptors (Lipinski definition) is 6. The molecule has 3 aromatic rings. The summed E-state index contributed by atoms with van der Waals surface area (Å²) in [5, 5.41) is 13.4. The molecule has 0 aromatic carbocycles. The molecule has 1 unspecified atom stereocenters. The Morgan fingerprint density at radius 1 is 1.30 bits per heavy atom. The van der Waals surface area contributed by atoms with E-state index in [1.807, 2.05) is 0 Å². The summed E-state index contributed by atoms with van der Waals surface area (Å²) >= 11 is 0. The van der Waals surface area contributed by atoms with Gasteiger partial charge in [-0.25, -0.2) is 0 Å². The van der Waals surface area contributed by atoms with Crippen LogP contribution < -0.4 is 5.32 Å². The highest BCUT2D eigenvalue weighted by atomic mass is 19.4. The first-order valence-electron chi connectivity index (χ1n) is 6.57. The van der Waals surface area contributed by atoms with Crippen LogP contribution in [0.15, 0.2) is 34.9 Å². The number of aromatic nitrogens is 4. The molecule has 0 aliphatic carbocycles. The van der Waals surface area contributed by atoms with Gasteiger partial charge in [0.1, 0.15) is 17.6 Å². The lowest BCUT2D eigenvalue weighted by molar-refractivity contribution is -0.146. The number of fused-ring (bicyclic) bond motifs is 1. The molecule has 10 heteroatoms. The van der Waals surface area contributed by atoms with E-state index in [-0.39, 0.29) is 18.1 Å². The molecular weight excluding hydrogens is 315 g/mol. The van der Waals surface area contributed by atoms with Crippen LogP contribution in [0.4, 0.5) is 19.0 Å². The Bertz CT molecular complexity index is 785. The Labute approximate surface area is 128 Å². The molecule has 1 N–H and O–H groups in total. The van der Waals surface area contributed by atoms with Crippen molar-refractivity contribution < 1.29 is 22.3 Å². The van der Waals surface area contributed by atoms with E-state index in [9.17, 15) is 13.2 Å². The van der Waals surface area contributed by atoms with E-state index in [4.69, 9.17) is 9.15 Å². The largest absolute Gasteiger partial charge is 0.467 e. The van der Waals surface area contributed by atoms with Gasteiger partial charge < -0.3 is 14.5 Å². The smallest absolute Gasteiger partial charge is 0.453 e. The summed E-state index contributed by atoms with van der Waals surface area (Å²) in [4.78, 5) is 0.